The van der Waals surface area contributed by atoms with Crippen molar-refractivity contribution >= 4 is 23.8 Å². The smallest absolute Gasteiger partial charge is 0.407 e. The zero-order valence-corrected chi connectivity index (χ0v) is 18.6. The minimum atomic E-state index is -1.02. The molecular weight excluding hydrogens is 426 g/mol. The van der Waals surface area contributed by atoms with Gasteiger partial charge in [-0.25, -0.2) is 9.59 Å². The highest BCUT2D eigenvalue weighted by Crippen LogP contribution is 2.44. The van der Waals surface area contributed by atoms with Gasteiger partial charge in [0.2, 0.25) is 0 Å². The summed E-state index contributed by atoms with van der Waals surface area (Å²) in [6.07, 6.45) is 1.53. The molecule has 2 aromatic carbocycles. The zero-order valence-electron chi connectivity index (χ0n) is 17.8. The molecule has 32 heavy (non-hydrogen) atoms. The molecule has 2 aromatic rings. The van der Waals surface area contributed by atoms with Crippen LogP contribution >= 0.6 is 11.8 Å². The first-order valence-corrected chi connectivity index (χ1v) is 12.3. The van der Waals surface area contributed by atoms with E-state index in [4.69, 9.17) is 9.47 Å². The molecule has 5 rings (SSSR count). The Bertz CT molecular complexity index is 973. The van der Waals surface area contributed by atoms with Gasteiger partial charge in [-0.1, -0.05) is 48.5 Å². The van der Waals surface area contributed by atoms with Crippen molar-refractivity contribution in [2.24, 2.45) is 5.92 Å². The second kappa shape index (κ2) is 8.79. The standard InChI is InChI=1S/C25H27NO5S/c27-23(28)22(16-9-11-31-25(13-16)10-12-32-15-25)26-24(29)30-14-21-19-7-3-1-5-17(19)18-6-2-4-8-20(18)21/h1-8,16,21-22H,9-15H2,(H,26,29)(H,27,28). The molecule has 1 aliphatic carbocycles. The van der Waals surface area contributed by atoms with E-state index < -0.39 is 18.1 Å². The summed E-state index contributed by atoms with van der Waals surface area (Å²) in [6.45, 7) is 0.696. The molecule has 1 amide bonds. The Kier molecular flexibility index (Phi) is 5.86. The van der Waals surface area contributed by atoms with Crippen molar-refractivity contribution in [1.29, 1.82) is 0 Å². The van der Waals surface area contributed by atoms with Crippen LogP contribution < -0.4 is 5.32 Å². The summed E-state index contributed by atoms with van der Waals surface area (Å²) < 4.78 is 11.6. The monoisotopic (exact) mass is 453 g/mol. The van der Waals surface area contributed by atoms with E-state index in [2.05, 4.69) is 29.6 Å². The largest absolute Gasteiger partial charge is 0.480 e. The van der Waals surface area contributed by atoms with E-state index in [-0.39, 0.29) is 24.0 Å². The summed E-state index contributed by atoms with van der Waals surface area (Å²) in [7, 11) is 0. The minimum Gasteiger partial charge on any atom is -0.480 e. The van der Waals surface area contributed by atoms with Gasteiger partial charge >= 0.3 is 12.1 Å². The summed E-state index contributed by atoms with van der Waals surface area (Å²) in [5.74, 6) is 0.676. The van der Waals surface area contributed by atoms with E-state index >= 15 is 0 Å². The Labute approximate surface area is 191 Å². The lowest BCUT2D eigenvalue weighted by Gasteiger charge is -2.39. The highest BCUT2D eigenvalue weighted by molar-refractivity contribution is 7.99. The van der Waals surface area contributed by atoms with E-state index in [1.165, 1.54) is 0 Å². The number of hydrogen-bond donors (Lipinski definition) is 2. The van der Waals surface area contributed by atoms with Crippen molar-refractivity contribution in [3.05, 3.63) is 59.7 Å². The number of carboxylic acid groups (broad SMARTS) is 1. The fourth-order valence-electron chi connectivity index (χ4n) is 5.36. The summed E-state index contributed by atoms with van der Waals surface area (Å²) in [5.41, 5.74) is 4.32. The molecule has 1 spiro atoms. The number of benzene rings is 2. The highest BCUT2D eigenvalue weighted by atomic mass is 32.2. The maximum absolute atomic E-state index is 12.7. The fraction of sp³-hybridized carbons (Fsp3) is 0.440. The van der Waals surface area contributed by atoms with E-state index in [9.17, 15) is 14.7 Å². The number of ether oxygens (including phenoxy) is 2. The van der Waals surface area contributed by atoms with Crippen molar-refractivity contribution in [3.63, 3.8) is 0 Å². The predicted octanol–water partition coefficient (Wildman–Crippen LogP) is 4.28. The Morgan fingerprint density at radius 3 is 2.47 bits per heavy atom. The molecule has 6 nitrogen and oxygen atoms in total. The maximum atomic E-state index is 12.7. The number of aliphatic carboxylic acids is 1. The van der Waals surface area contributed by atoms with Crippen LogP contribution in [0.5, 0.6) is 0 Å². The number of carbonyl (C=O) groups excluding carboxylic acids is 1. The molecule has 7 heteroatoms. The molecule has 0 bridgehead atoms. The van der Waals surface area contributed by atoms with Gasteiger partial charge in [0.15, 0.2) is 0 Å². The summed E-state index contributed by atoms with van der Waals surface area (Å²) in [5, 5.41) is 12.5. The van der Waals surface area contributed by atoms with Crippen LogP contribution in [0.15, 0.2) is 48.5 Å². The van der Waals surface area contributed by atoms with E-state index in [0.717, 1.165) is 40.2 Å². The first-order chi connectivity index (χ1) is 15.6. The van der Waals surface area contributed by atoms with E-state index in [1.807, 2.05) is 36.0 Å². The van der Waals surface area contributed by atoms with Crippen molar-refractivity contribution in [3.8, 4) is 11.1 Å². The van der Waals surface area contributed by atoms with Gasteiger partial charge in [-0.15, -0.1) is 0 Å². The van der Waals surface area contributed by atoms with Gasteiger partial charge in [0, 0.05) is 18.3 Å². The third kappa shape index (κ3) is 3.99. The molecule has 0 aromatic heterocycles. The van der Waals surface area contributed by atoms with Gasteiger partial charge in [-0.2, -0.15) is 11.8 Å². The number of amides is 1. The van der Waals surface area contributed by atoms with E-state index in [1.54, 1.807) is 0 Å². The van der Waals surface area contributed by atoms with Crippen LogP contribution in [-0.2, 0) is 14.3 Å². The summed E-state index contributed by atoms with van der Waals surface area (Å²) >= 11 is 1.84. The van der Waals surface area contributed by atoms with Crippen LogP contribution in [0.3, 0.4) is 0 Å². The Morgan fingerprint density at radius 1 is 1.16 bits per heavy atom. The molecule has 3 unspecified atom stereocenters. The van der Waals surface area contributed by atoms with Crippen LogP contribution in [0.2, 0.25) is 0 Å². The summed E-state index contributed by atoms with van der Waals surface area (Å²) in [4.78, 5) is 24.7. The number of thioether (sulfide) groups is 1. The number of carbonyl (C=O) groups is 2. The Morgan fingerprint density at radius 2 is 1.84 bits per heavy atom. The number of fused-ring (bicyclic) bond motifs is 3. The van der Waals surface area contributed by atoms with Crippen molar-refractivity contribution in [2.45, 2.75) is 36.8 Å². The fourth-order valence-corrected chi connectivity index (χ4v) is 6.74. The number of alkyl carbamates (subject to hydrolysis) is 1. The average Bonchev–Trinajstić information content (AvgIpc) is 3.38. The summed E-state index contributed by atoms with van der Waals surface area (Å²) in [6, 6.07) is 15.3. The molecule has 2 aliphatic heterocycles. The quantitative estimate of drug-likeness (QED) is 0.703. The second-order valence-corrected chi connectivity index (χ2v) is 9.98. The van der Waals surface area contributed by atoms with Gasteiger partial charge in [-0.3, -0.25) is 0 Å². The van der Waals surface area contributed by atoms with Gasteiger partial charge in [0.05, 0.1) is 5.60 Å². The highest BCUT2D eigenvalue weighted by Gasteiger charge is 2.44. The van der Waals surface area contributed by atoms with Gasteiger partial charge in [-0.05, 0) is 53.2 Å². The van der Waals surface area contributed by atoms with Crippen LogP contribution in [-0.4, -0.2) is 53.5 Å². The maximum Gasteiger partial charge on any atom is 0.407 e. The van der Waals surface area contributed by atoms with Crippen LogP contribution in [0.1, 0.15) is 36.3 Å². The molecule has 3 atom stereocenters. The van der Waals surface area contributed by atoms with Crippen LogP contribution in [0, 0.1) is 5.92 Å². The lowest BCUT2D eigenvalue weighted by atomic mass is 9.81. The molecule has 2 N–H and O–H groups in total. The van der Waals surface area contributed by atoms with E-state index in [0.29, 0.717) is 19.4 Å². The Balaban J connectivity index is 1.25. The predicted molar refractivity (Wildman–Crippen MR) is 123 cm³/mol. The molecule has 0 radical (unpaired) electrons. The molecule has 168 valence electrons. The first-order valence-electron chi connectivity index (χ1n) is 11.1. The molecule has 3 aliphatic rings. The third-order valence-corrected chi connectivity index (χ3v) is 8.18. The lowest BCUT2D eigenvalue weighted by molar-refractivity contribution is -0.144. The molecule has 0 saturated carbocycles. The first kappa shape index (κ1) is 21.3. The third-order valence-electron chi connectivity index (χ3n) is 6.95. The van der Waals surface area contributed by atoms with Gasteiger partial charge in [0.25, 0.3) is 0 Å². The number of rotatable bonds is 5. The minimum absolute atomic E-state index is 0.0571. The molecule has 2 heterocycles. The normalized spacial score (nSPS) is 25.2. The van der Waals surface area contributed by atoms with Crippen LogP contribution in [0.25, 0.3) is 11.1 Å². The van der Waals surface area contributed by atoms with Crippen molar-refractivity contribution in [2.75, 3.05) is 24.7 Å². The van der Waals surface area contributed by atoms with Crippen molar-refractivity contribution in [1.82, 2.24) is 5.32 Å². The number of nitrogens with one attached hydrogen (secondary N) is 1. The zero-order chi connectivity index (χ0) is 22.1. The van der Waals surface area contributed by atoms with Gasteiger partial charge in [0.1, 0.15) is 12.6 Å². The lowest BCUT2D eigenvalue weighted by Crippen LogP contribution is -2.52. The number of hydrogen-bond acceptors (Lipinski definition) is 5. The second-order valence-electron chi connectivity index (χ2n) is 8.87. The molecule has 2 fully saturated rings. The van der Waals surface area contributed by atoms with Gasteiger partial charge < -0.3 is 19.9 Å². The SMILES string of the molecule is O=C(NC(C(=O)O)C1CCOC2(CCSC2)C1)OCC1c2ccccc2-c2ccccc21. The van der Waals surface area contributed by atoms with Crippen LogP contribution in [0.4, 0.5) is 4.79 Å². The molecule has 2 saturated heterocycles. The topological polar surface area (TPSA) is 84.9 Å². The number of carboxylic acids is 1. The Hall–Kier alpha value is -2.51. The van der Waals surface area contributed by atoms with Crippen molar-refractivity contribution < 1.29 is 24.2 Å². The molecular formula is C25H27NO5S. The average molecular weight is 454 g/mol.